The van der Waals surface area contributed by atoms with E-state index in [-0.39, 0.29) is 23.7 Å². The van der Waals surface area contributed by atoms with Gasteiger partial charge in [0.2, 0.25) is 0 Å². The summed E-state index contributed by atoms with van der Waals surface area (Å²) in [6.07, 6.45) is -2.69. The second-order valence-corrected chi connectivity index (χ2v) is 14.1. The Hall–Kier alpha value is -5.31. The van der Waals surface area contributed by atoms with E-state index in [9.17, 15) is 32.7 Å². The molecule has 2 aromatic heterocycles. The highest BCUT2D eigenvalue weighted by atomic mass is 35.5. The molecule has 2 N–H and O–H groups in total. The van der Waals surface area contributed by atoms with Gasteiger partial charge in [0.1, 0.15) is 5.75 Å². The van der Waals surface area contributed by atoms with E-state index < -0.39 is 69.1 Å². The number of allylic oxidation sites excluding steroid dienone is 2. The van der Waals surface area contributed by atoms with Gasteiger partial charge < -0.3 is 5.11 Å². The lowest BCUT2D eigenvalue weighted by Gasteiger charge is -2.49. The maximum absolute atomic E-state index is 15.2. The topological polar surface area (TPSA) is 131 Å². The molecule has 4 heterocycles. The molecular weight excluding hydrogens is 760 g/mol. The summed E-state index contributed by atoms with van der Waals surface area (Å²) in [6, 6.07) is 18.4. The van der Waals surface area contributed by atoms with Gasteiger partial charge in [-0.2, -0.15) is 18.2 Å². The number of phenolic OH excluding ortho intramolecular Hbond substituents is 1. The first kappa shape index (κ1) is 34.8. The number of imide groups is 1. The number of hydrogen-bond donors (Lipinski definition) is 2. The Morgan fingerprint density at radius 1 is 0.887 bits per heavy atom. The van der Waals surface area contributed by atoms with Crippen LogP contribution in [0.1, 0.15) is 35.1 Å². The molecule has 5 aromatic rings. The van der Waals surface area contributed by atoms with Crippen LogP contribution < -0.4 is 16.8 Å². The van der Waals surface area contributed by atoms with Crippen LogP contribution in [0.4, 0.5) is 19.0 Å². The average molecular weight is 784 g/mol. The van der Waals surface area contributed by atoms with E-state index in [0.29, 0.717) is 44.7 Å². The number of amides is 2. The van der Waals surface area contributed by atoms with Gasteiger partial charge in [0.15, 0.2) is 5.82 Å². The monoisotopic (exact) mass is 782 g/mol. The third-order valence-corrected chi connectivity index (χ3v) is 11.0. The highest BCUT2D eigenvalue weighted by molar-refractivity contribution is 6.33. The smallest absolute Gasteiger partial charge is 0.417 e. The number of rotatable bonds is 5. The molecule has 0 radical (unpaired) electrons. The summed E-state index contributed by atoms with van der Waals surface area (Å²) in [5.41, 5.74) is -0.216. The summed E-state index contributed by atoms with van der Waals surface area (Å²) in [4.78, 5) is 61.7. The predicted molar refractivity (Wildman–Crippen MR) is 188 cm³/mol. The zero-order chi connectivity index (χ0) is 37.6. The van der Waals surface area contributed by atoms with Gasteiger partial charge in [0.25, 0.3) is 11.8 Å². The molecule has 11 nitrogen and oxygen atoms in total. The number of para-hydroxylation sites is 1. The molecule has 0 spiro atoms. The van der Waals surface area contributed by atoms with Crippen LogP contribution in [0, 0.1) is 5.92 Å². The molecule has 2 amide bonds. The lowest BCUT2D eigenvalue weighted by atomic mass is 9.53. The van der Waals surface area contributed by atoms with Crippen molar-refractivity contribution in [2.75, 3.05) is 5.43 Å². The highest BCUT2D eigenvalue weighted by Crippen LogP contribution is 2.62. The first-order valence-electron chi connectivity index (χ1n) is 16.1. The number of alkyl halides is 3. The average Bonchev–Trinajstić information content (AvgIpc) is 3.50. The van der Waals surface area contributed by atoms with E-state index >= 15 is 4.79 Å². The lowest BCUT2D eigenvalue weighted by Crippen LogP contribution is -2.53. The molecule has 0 unspecified atom stereocenters. The van der Waals surface area contributed by atoms with Crippen LogP contribution in [0.15, 0.2) is 106 Å². The molecule has 4 atom stereocenters. The van der Waals surface area contributed by atoms with Crippen LogP contribution in [-0.2, 0) is 27.7 Å². The molecule has 53 heavy (non-hydrogen) atoms. The van der Waals surface area contributed by atoms with Crippen molar-refractivity contribution in [1.29, 1.82) is 0 Å². The zero-order valence-corrected chi connectivity index (χ0v) is 29.2. The number of anilines is 1. The number of aromatic nitrogens is 4. The van der Waals surface area contributed by atoms with Gasteiger partial charge in [-0.3, -0.25) is 15.0 Å². The lowest BCUT2D eigenvalue weighted by molar-refractivity contribution is -0.139. The van der Waals surface area contributed by atoms with Crippen molar-refractivity contribution in [2.45, 2.75) is 36.5 Å². The molecule has 0 bridgehead atoms. The van der Waals surface area contributed by atoms with Crippen molar-refractivity contribution in [3.8, 4) is 11.4 Å². The minimum Gasteiger partial charge on any atom is -0.508 e. The second-order valence-electron chi connectivity index (χ2n) is 12.8. The standard InChI is InChI=1S/C36H24Cl3F3N6O5/c37-20-8-6-18(7-9-20)35-25(31(50)47(32(35)51)44-30-27(39)14-19(17-43-30)36(40,41)42)16-28-24(29(35)23-11-10-22(49)15-26(23)38)12-13-45-33(52)46(34(53)48(28)45)21-4-2-1-3-5-21/h1-12,14-15,17,25,28-29,49H,13,16H2,(H,43,44)/t25-,28+,29-,35+/m0/s1. The normalized spacial score (nSPS) is 22.3. The van der Waals surface area contributed by atoms with E-state index in [4.69, 9.17) is 34.8 Å². The summed E-state index contributed by atoms with van der Waals surface area (Å²) in [5, 5.41) is 10.9. The molecule has 1 saturated carbocycles. The van der Waals surface area contributed by atoms with Crippen LogP contribution >= 0.6 is 34.8 Å². The van der Waals surface area contributed by atoms with Gasteiger partial charge in [-0.05, 0) is 65.6 Å². The summed E-state index contributed by atoms with van der Waals surface area (Å²) in [6.45, 7) is -0.0809. The quantitative estimate of drug-likeness (QED) is 0.154. The number of fused-ring (bicyclic) bond motifs is 4. The fourth-order valence-electron chi connectivity index (χ4n) is 7.94. The maximum atomic E-state index is 15.2. The number of benzene rings is 3. The van der Waals surface area contributed by atoms with Crippen molar-refractivity contribution < 1.29 is 27.9 Å². The number of aromatic hydroxyl groups is 1. The number of nitrogens with one attached hydrogen (secondary N) is 1. The molecule has 1 saturated heterocycles. The Bertz CT molecular complexity index is 2500. The van der Waals surface area contributed by atoms with Crippen LogP contribution in [-0.4, -0.2) is 40.8 Å². The number of hydrazine groups is 1. The Kier molecular flexibility index (Phi) is 8.13. The second kappa shape index (κ2) is 12.4. The molecule has 1 aliphatic carbocycles. The number of carbonyl (C=O) groups is 2. The minimum atomic E-state index is -4.76. The fourth-order valence-corrected chi connectivity index (χ4v) is 8.56. The van der Waals surface area contributed by atoms with E-state index in [1.165, 1.54) is 27.6 Å². The van der Waals surface area contributed by atoms with Gasteiger partial charge in [0, 0.05) is 22.2 Å². The van der Waals surface area contributed by atoms with Gasteiger partial charge >= 0.3 is 17.6 Å². The first-order chi connectivity index (χ1) is 25.2. The third kappa shape index (κ3) is 5.22. The Labute approximate surface area is 312 Å². The van der Waals surface area contributed by atoms with Crippen molar-refractivity contribution >= 4 is 52.4 Å². The van der Waals surface area contributed by atoms with E-state index in [2.05, 4.69) is 10.4 Å². The molecule has 2 fully saturated rings. The highest BCUT2D eigenvalue weighted by Gasteiger charge is 2.69. The first-order valence-corrected chi connectivity index (χ1v) is 17.2. The fraction of sp³-hybridized carbons (Fsp3) is 0.194. The van der Waals surface area contributed by atoms with Crippen LogP contribution in [0.5, 0.6) is 5.75 Å². The van der Waals surface area contributed by atoms with Crippen LogP contribution in [0.2, 0.25) is 15.1 Å². The minimum absolute atomic E-state index is 0.0416. The number of hydrogen-bond acceptors (Lipinski definition) is 7. The number of phenols is 1. The molecule has 2 aliphatic heterocycles. The number of carbonyl (C=O) groups excluding carboxylic acids is 2. The maximum Gasteiger partial charge on any atom is 0.417 e. The van der Waals surface area contributed by atoms with Crippen LogP contribution in [0.3, 0.4) is 0 Å². The Morgan fingerprint density at radius 2 is 1.60 bits per heavy atom. The largest absolute Gasteiger partial charge is 0.508 e. The van der Waals surface area contributed by atoms with Crippen molar-refractivity contribution in [2.24, 2.45) is 5.92 Å². The van der Waals surface area contributed by atoms with Crippen molar-refractivity contribution in [3.05, 3.63) is 149 Å². The summed E-state index contributed by atoms with van der Waals surface area (Å²) >= 11 is 19.4. The molecule has 3 aliphatic rings. The number of halogens is 6. The van der Waals surface area contributed by atoms with Gasteiger partial charge in [0.05, 0.1) is 40.2 Å². The van der Waals surface area contributed by atoms with Gasteiger partial charge in [-0.25, -0.2) is 28.5 Å². The summed E-state index contributed by atoms with van der Waals surface area (Å²) < 4.78 is 43.9. The molecule has 3 aromatic carbocycles. The van der Waals surface area contributed by atoms with Crippen molar-refractivity contribution in [3.63, 3.8) is 0 Å². The van der Waals surface area contributed by atoms with E-state index in [0.717, 1.165) is 4.57 Å². The Morgan fingerprint density at radius 3 is 2.26 bits per heavy atom. The summed E-state index contributed by atoms with van der Waals surface area (Å²) in [5.74, 6) is -4.58. The van der Waals surface area contributed by atoms with Gasteiger partial charge in [-0.15, -0.1) is 0 Å². The molecular formula is C36H24Cl3F3N6O5. The SMILES string of the molecule is O=C1[C@@H]2C[C@@H]3C(=CCn4c(=O)n(-c5ccccc5)c(=O)n43)[C@H](c3ccc(O)cc3Cl)[C@]2(c2ccc(Cl)cc2)C(=O)N1Nc1ncc(C(F)(F)F)cc1Cl. The van der Waals surface area contributed by atoms with E-state index in [1.54, 1.807) is 60.7 Å². The molecule has 8 rings (SSSR count). The predicted octanol–water partition coefficient (Wildman–Crippen LogP) is 6.50. The number of nitrogens with zero attached hydrogens (tertiary/aromatic N) is 5. The van der Waals surface area contributed by atoms with Crippen molar-refractivity contribution in [1.82, 2.24) is 23.9 Å². The number of pyridine rings is 1. The zero-order valence-electron chi connectivity index (χ0n) is 26.9. The molecule has 270 valence electrons. The van der Waals surface area contributed by atoms with E-state index in [1.807, 2.05) is 0 Å². The van der Waals surface area contributed by atoms with Gasteiger partial charge in [-0.1, -0.05) is 77.3 Å². The Balaban J connectivity index is 1.36. The summed E-state index contributed by atoms with van der Waals surface area (Å²) in [7, 11) is 0. The molecule has 17 heteroatoms. The third-order valence-electron chi connectivity index (χ3n) is 10.1. The van der Waals surface area contributed by atoms with Crippen LogP contribution in [0.25, 0.3) is 5.69 Å².